The molecule has 2 heterocycles. The average molecular weight is 279 g/mol. The molecule has 0 unspecified atom stereocenters. The number of carboxylic acid groups (broad SMARTS) is 1. The molecular formula is C11H13N5O2S. The highest BCUT2D eigenvalue weighted by Crippen LogP contribution is 2.47. The van der Waals surface area contributed by atoms with Crippen molar-refractivity contribution in [1.82, 2.24) is 25.2 Å². The van der Waals surface area contributed by atoms with Crippen molar-refractivity contribution < 1.29 is 9.90 Å². The quantitative estimate of drug-likeness (QED) is 0.906. The van der Waals surface area contributed by atoms with Gasteiger partial charge in [-0.3, -0.25) is 4.79 Å². The lowest BCUT2D eigenvalue weighted by atomic mass is 10.1. The number of nitrogens with zero attached hydrogens (tertiary/aromatic N) is 5. The lowest BCUT2D eigenvalue weighted by molar-refractivity contribution is -0.144. The van der Waals surface area contributed by atoms with E-state index in [1.54, 1.807) is 4.68 Å². The summed E-state index contributed by atoms with van der Waals surface area (Å²) in [5, 5.41) is 21.8. The second kappa shape index (κ2) is 4.09. The molecule has 1 fully saturated rings. The van der Waals surface area contributed by atoms with Crippen molar-refractivity contribution in [2.75, 3.05) is 0 Å². The third-order valence-corrected chi connectivity index (χ3v) is 4.47. The maximum atomic E-state index is 11.2. The van der Waals surface area contributed by atoms with E-state index < -0.39 is 11.4 Å². The van der Waals surface area contributed by atoms with Crippen LogP contribution in [0.1, 0.15) is 23.5 Å². The van der Waals surface area contributed by atoms with E-state index in [-0.39, 0.29) is 0 Å². The Labute approximate surface area is 113 Å². The third kappa shape index (κ3) is 2.01. The molecule has 0 radical (unpaired) electrons. The molecule has 0 aromatic carbocycles. The highest BCUT2D eigenvalue weighted by molar-refractivity contribution is 7.15. The number of carbonyl (C=O) groups is 1. The predicted octanol–water partition coefficient (Wildman–Crippen LogP) is 1.28. The molecule has 0 atom stereocenters. The first-order valence-corrected chi connectivity index (χ1v) is 6.77. The van der Waals surface area contributed by atoms with Crippen LogP contribution in [0.2, 0.25) is 0 Å². The smallest absolute Gasteiger partial charge is 0.311 e. The van der Waals surface area contributed by atoms with E-state index in [0.717, 1.165) is 15.6 Å². The normalized spacial score (nSPS) is 16.5. The predicted molar refractivity (Wildman–Crippen MR) is 67.7 cm³/mol. The number of thiazole rings is 1. The van der Waals surface area contributed by atoms with E-state index in [9.17, 15) is 9.90 Å². The second-order valence-corrected chi connectivity index (χ2v) is 6.10. The van der Waals surface area contributed by atoms with Gasteiger partial charge in [0.25, 0.3) is 0 Å². The van der Waals surface area contributed by atoms with Crippen LogP contribution in [0.15, 0.2) is 0 Å². The van der Waals surface area contributed by atoms with Crippen molar-refractivity contribution in [3.05, 3.63) is 10.7 Å². The molecule has 0 amide bonds. The first-order valence-electron chi connectivity index (χ1n) is 5.96. The molecule has 1 N–H and O–H groups in total. The van der Waals surface area contributed by atoms with Crippen molar-refractivity contribution in [2.45, 2.75) is 33.2 Å². The van der Waals surface area contributed by atoms with Crippen LogP contribution in [0.3, 0.4) is 0 Å². The summed E-state index contributed by atoms with van der Waals surface area (Å²) >= 11 is 1.52. The van der Waals surface area contributed by atoms with Gasteiger partial charge >= 0.3 is 5.97 Å². The van der Waals surface area contributed by atoms with Crippen LogP contribution < -0.4 is 0 Å². The van der Waals surface area contributed by atoms with Gasteiger partial charge in [0.05, 0.1) is 27.5 Å². The number of aryl methyl sites for hydroxylation is 2. The molecule has 3 rings (SSSR count). The number of tetrazole rings is 1. The average Bonchev–Trinajstić information content (AvgIpc) is 2.86. The van der Waals surface area contributed by atoms with Crippen LogP contribution >= 0.6 is 11.3 Å². The molecular weight excluding hydrogens is 266 g/mol. The number of rotatable bonds is 4. The Morgan fingerprint density at radius 2 is 2.21 bits per heavy atom. The Hall–Kier alpha value is -1.83. The monoisotopic (exact) mass is 279 g/mol. The topological polar surface area (TPSA) is 93.8 Å². The van der Waals surface area contributed by atoms with Crippen molar-refractivity contribution in [2.24, 2.45) is 5.41 Å². The molecule has 19 heavy (non-hydrogen) atoms. The largest absolute Gasteiger partial charge is 0.481 e. The number of aromatic nitrogens is 5. The van der Waals surface area contributed by atoms with Crippen LogP contribution in [-0.4, -0.2) is 36.3 Å². The summed E-state index contributed by atoms with van der Waals surface area (Å²) < 4.78 is 1.58. The Morgan fingerprint density at radius 3 is 2.74 bits per heavy atom. The van der Waals surface area contributed by atoms with Crippen molar-refractivity contribution >= 4 is 17.3 Å². The Kier molecular flexibility index (Phi) is 2.63. The van der Waals surface area contributed by atoms with Crippen LogP contribution in [-0.2, 0) is 11.3 Å². The molecule has 1 saturated carbocycles. The number of hydrogen-bond acceptors (Lipinski definition) is 6. The SMILES string of the molecule is Cc1nc(C)c(-c2nnnn2CC2(C(=O)O)CC2)s1. The minimum absolute atomic E-state index is 0.320. The second-order valence-electron chi connectivity index (χ2n) is 4.89. The van der Waals surface area contributed by atoms with E-state index in [1.165, 1.54) is 11.3 Å². The van der Waals surface area contributed by atoms with Gasteiger partial charge < -0.3 is 5.11 Å². The molecule has 0 aliphatic heterocycles. The summed E-state index contributed by atoms with van der Waals surface area (Å²) in [7, 11) is 0. The number of carboxylic acids is 1. The fourth-order valence-electron chi connectivity index (χ4n) is 2.09. The maximum absolute atomic E-state index is 11.2. The first kappa shape index (κ1) is 12.2. The van der Waals surface area contributed by atoms with E-state index in [0.29, 0.717) is 25.2 Å². The molecule has 1 aliphatic rings. The Morgan fingerprint density at radius 1 is 1.47 bits per heavy atom. The number of aliphatic carboxylic acids is 1. The lowest BCUT2D eigenvalue weighted by Crippen LogP contribution is -2.22. The van der Waals surface area contributed by atoms with Crippen molar-refractivity contribution in [1.29, 1.82) is 0 Å². The fraction of sp³-hybridized carbons (Fsp3) is 0.545. The summed E-state index contributed by atoms with van der Waals surface area (Å²) in [6.45, 7) is 4.15. The van der Waals surface area contributed by atoms with Crippen LogP contribution in [0, 0.1) is 19.3 Å². The highest BCUT2D eigenvalue weighted by Gasteiger charge is 2.51. The standard InChI is InChI=1S/C11H13N5O2S/c1-6-8(19-7(2)12-6)9-13-14-15-16(9)5-11(3-4-11)10(17)18/h3-5H2,1-2H3,(H,17,18). The number of hydrogen-bond donors (Lipinski definition) is 1. The van der Waals surface area contributed by atoms with Crippen LogP contribution in [0.25, 0.3) is 10.7 Å². The summed E-state index contributed by atoms with van der Waals surface area (Å²) in [4.78, 5) is 16.5. The van der Waals surface area contributed by atoms with E-state index in [2.05, 4.69) is 20.5 Å². The van der Waals surface area contributed by atoms with Gasteiger partial charge in [0.15, 0.2) is 5.82 Å². The zero-order valence-electron chi connectivity index (χ0n) is 10.6. The van der Waals surface area contributed by atoms with Gasteiger partial charge in [0, 0.05) is 0 Å². The van der Waals surface area contributed by atoms with Crippen molar-refractivity contribution in [3.63, 3.8) is 0 Å². The van der Waals surface area contributed by atoms with Gasteiger partial charge in [0.2, 0.25) is 0 Å². The lowest BCUT2D eigenvalue weighted by Gasteiger charge is -2.10. The van der Waals surface area contributed by atoms with Gasteiger partial charge in [-0.15, -0.1) is 16.4 Å². The summed E-state index contributed by atoms with van der Waals surface area (Å²) in [5.41, 5.74) is 0.191. The minimum Gasteiger partial charge on any atom is -0.481 e. The molecule has 8 heteroatoms. The van der Waals surface area contributed by atoms with Crippen LogP contribution in [0.5, 0.6) is 0 Å². The molecule has 7 nitrogen and oxygen atoms in total. The summed E-state index contributed by atoms with van der Waals surface area (Å²) in [6, 6.07) is 0. The van der Waals surface area contributed by atoms with E-state index in [4.69, 9.17) is 0 Å². The van der Waals surface area contributed by atoms with Gasteiger partial charge in [-0.1, -0.05) is 0 Å². The molecule has 100 valence electrons. The highest BCUT2D eigenvalue weighted by atomic mass is 32.1. The molecule has 0 bridgehead atoms. The summed E-state index contributed by atoms with van der Waals surface area (Å²) in [6.07, 6.45) is 1.37. The Balaban J connectivity index is 1.95. The third-order valence-electron chi connectivity index (χ3n) is 3.40. The fourth-order valence-corrected chi connectivity index (χ4v) is 3.00. The summed E-state index contributed by atoms with van der Waals surface area (Å²) in [5.74, 6) is -0.165. The first-order chi connectivity index (χ1) is 9.02. The maximum Gasteiger partial charge on any atom is 0.311 e. The van der Waals surface area contributed by atoms with Gasteiger partial charge in [0.1, 0.15) is 0 Å². The van der Waals surface area contributed by atoms with Gasteiger partial charge in [-0.2, -0.15) is 0 Å². The van der Waals surface area contributed by atoms with E-state index >= 15 is 0 Å². The van der Waals surface area contributed by atoms with Crippen molar-refractivity contribution in [3.8, 4) is 10.7 Å². The molecule has 0 spiro atoms. The Bertz CT molecular complexity index is 643. The zero-order chi connectivity index (χ0) is 13.6. The molecule has 2 aromatic heterocycles. The minimum atomic E-state index is -0.772. The molecule has 0 saturated heterocycles. The van der Waals surface area contributed by atoms with Crippen LogP contribution in [0.4, 0.5) is 0 Å². The molecule has 2 aromatic rings. The van der Waals surface area contributed by atoms with Gasteiger partial charge in [-0.05, 0) is 37.1 Å². The van der Waals surface area contributed by atoms with E-state index in [1.807, 2.05) is 13.8 Å². The molecule has 1 aliphatic carbocycles. The van der Waals surface area contributed by atoms with Gasteiger partial charge in [-0.25, -0.2) is 9.67 Å². The zero-order valence-corrected chi connectivity index (χ0v) is 11.4.